The molecule has 5 nitrogen and oxygen atoms in total. The van der Waals surface area contributed by atoms with E-state index in [4.69, 9.17) is 0 Å². The quantitative estimate of drug-likeness (QED) is 0.778. The Morgan fingerprint density at radius 1 is 1.04 bits per heavy atom. The normalized spacial score (nSPS) is 12.0. The van der Waals surface area contributed by atoms with Gasteiger partial charge in [0.25, 0.3) is 0 Å². The van der Waals surface area contributed by atoms with E-state index in [0.717, 1.165) is 23.4 Å². The summed E-state index contributed by atoms with van der Waals surface area (Å²) in [5.41, 5.74) is 5.34. The average Bonchev–Trinajstić information content (AvgIpc) is 2.57. The summed E-state index contributed by atoms with van der Waals surface area (Å²) in [5.74, 6) is 0.539. The number of pyridine rings is 1. The Bertz CT molecular complexity index is 831. The van der Waals surface area contributed by atoms with Gasteiger partial charge in [0.2, 0.25) is 5.95 Å². The Hall–Kier alpha value is -2.82. The molecule has 0 fully saturated rings. The molecule has 0 spiro atoms. The van der Waals surface area contributed by atoms with Gasteiger partial charge in [-0.1, -0.05) is 30.3 Å². The Kier molecular flexibility index (Phi) is 4.79. The molecule has 1 aromatic carbocycles. The van der Waals surface area contributed by atoms with Crippen LogP contribution < -0.4 is 5.32 Å². The van der Waals surface area contributed by atoms with Gasteiger partial charge in [-0.15, -0.1) is 5.10 Å². The van der Waals surface area contributed by atoms with Crippen LogP contribution in [-0.4, -0.2) is 26.2 Å². The highest BCUT2D eigenvalue weighted by Gasteiger charge is 2.10. The Morgan fingerprint density at radius 3 is 2.62 bits per heavy atom. The van der Waals surface area contributed by atoms with Gasteiger partial charge >= 0.3 is 0 Å². The number of anilines is 1. The molecule has 2 heterocycles. The van der Waals surface area contributed by atoms with Crippen LogP contribution in [0.1, 0.15) is 23.7 Å². The molecule has 0 radical (unpaired) electrons. The van der Waals surface area contributed by atoms with Crippen LogP contribution in [0.5, 0.6) is 0 Å². The van der Waals surface area contributed by atoms with Crippen molar-refractivity contribution in [1.29, 1.82) is 0 Å². The van der Waals surface area contributed by atoms with Gasteiger partial charge in [-0.2, -0.15) is 5.10 Å². The Balaban J connectivity index is 1.75. The van der Waals surface area contributed by atoms with Crippen molar-refractivity contribution >= 4 is 5.95 Å². The molecule has 0 aliphatic heterocycles. The minimum atomic E-state index is 0.160. The number of hydrogen-bond donors (Lipinski definition) is 1. The van der Waals surface area contributed by atoms with Crippen LogP contribution in [0.15, 0.2) is 48.8 Å². The third-order valence-corrected chi connectivity index (χ3v) is 3.97. The average molecular weight is 319 g/mol. The van der Waals surface area contributed by atoms with Crippen LogP contribution in [0.3, 0.4) is 0 Å². The van der Waals surface area contributed by atoms with Crippen LogP contribution >= 0.6 is 0 Å². The maximum Gasteiger partial charge on any atom is 0.243 e. The van der Waals surface area contributed by atoms with Crippen molar-refractivity contribution in [3.8, 4) is 11.3 Å². The lowest BCUT2D eigenvalue weighted by Gasteiger charge is -2.14. The van der Waals surface area contributed by atoms with E-state index >= 15 is 0 Å². The molecule has 1 N–H and O–H groups in total. The van der Waals surface area contributed by atoms with Crippen molar-refractivity contribution in [2.75, 3.05) is 5.32 Å². The van der Waals surface area contributed by atoms with E-state index in [9.17, 15) is 0 Å². The van der Waals surface area contributed by atoms with E-state index in [-0.39, 0.29) is 6.04 Å². The topological polar surface area (TPSA) is 63.6 Å². The van der Waals surface area contributed by atoms with Crippen LogP contribution in [-0.2, 0) is 6.42 Å². The van der Waals surface area contributed by atoms with E-state index < -0.39 is 0 Å². The fourth-order valence-electron chi connectivity index (χ4n) is 2.65. The molecule has 5 heteroatoms. The largest absolute Gasteiger partial charge is 0.350 e. The second kappa shape index (κ2) is 7.17. The number of nitrogens with one attached hydrogen (secondary N) is 1. The van der Waals surface area contributed by atoms with Gasteiger partial charge in [0.1, 0.15) is 0 Å². The van der Waals surface area contributed by atoms with Crippen molar-refractivity contribution in [3.05, 3.63) is 65.6 Å². The number of nitrogens with zero attached hydrogens (tertiary/aromatic N) is 4. The number of aromatic nitrogens is 4. The van der Waals surface area contributed by atoms with Gasteiger partial charge < -0.3 is 5.32 Å². The number of aryl methyl sites for hydroxylation is 2. The molecule has 0 saturated heterocycles. The zero-order valence-electron chi connectivity index (χ0n) is 14.2. The van der Waals surface area contributed by atoms with Gasteiger partial charge in [-0.3, -0.25) is 4.98 Å². The van der Waals surface area contributed by atoms with Crippen molar-refractivity contribution < 1.29 is 0 Å². The van der Waals surface area contributed by atoms with Gasteiger partial charge in [0.05, 0.1) is 11.9 Å². The maximum absolute atomic E-state index is 4.60. The molecule has 3 rings (SSSR count). The van der Waals surface area contributed by atoms with Crippen molar-refractivity contribution in [2.45, 2.75) is 33.2 Å². The minimum Gasteiger partial charge on any atom is -0.350 e. The van der Waals surface area contributed by atoms with Crippen molar-refractivity contribution in [3.63, 3.8) is 0 Å². The molecule has 1 unspecified atom stereocenters. The molecule has 0 saturated carbocycles. The predicted molar refractivity (Wildman–Crippen MR) is 95.8 cm³/mol. The predicted octanol–water partition coefficient (Wildman–Crippen LogP) is 3.59. The molecule has 0 aliphatic rings. The van der Waals surface area contributed by atoms with E-state index in [1.54, 1.807) is 6.20 Å². The van der Waals surface area contributed by atoms with E-state index in [1.165, 1.54) is 11.1 Å². The van der Waals surface area contributed by atoms with Crippen molar-refractivity contribution in [2.24, 2.45) is 0 Å². The summed E-state index contributed by atoms with van der Waals surface area (Å²) >= 11 is 0. The molecule has 122 valence electrons. The highest BCUT2D eigenvalue weighted by atomic mass is 15.2. The highest BCUT2D eigenvalue weighted by molar-refractivity contribution is 5.63. The van der Waals surface area contributed by atoms with Gasteiger partial charge in [0.15, 0.2) is 0 Å². The summed E-state index contributed by atoms with van der Waals surface area (Å²) in [7, 11) is 0. The zero-order valence-corrected chi connectivity index (χ0v) is 14.2. The maximum atomic E-state index is 4.60. The number of benzene rings is 1. The van der Waals surface area contributed by atoms with Gasteiger partial charge in [0, 0.05) is 29.9 Å². The van der Waals surface area contributed by atoms with E-state index in [2.05, 4.69) is 58.4 Å². The second-order valence-electron chi connectivity index (χ2n) is 6.00. The molecule has 2 aromatic heterocycles. The Labute approximate surface area is 142 Å². The van der Waals surface area contributed by atoms with Gasteiger partial charge in [-0.05, 0) is 38.0 Å². The lowest BCUT2D eigenvalue weighted by atomic mass is 10.1. The summed E-state index contributed by atoms with van der Waals surface area (Å²) in [4.78, 5) is 9.04. The lowest BCUT2D eigenvalue weighted by Crippen LogP contribution is -2.21. The summed E-state index contributed by atoms with van der Waals surface area (Å²) in [5, 5.41) is 11.5. The zero-order chi connectivity index (χ0) is 16.9. The first kappa shape index (κ1) is 16.1. The lowest BCUT2D eigenvalue weighted by molar-refractivity contribution is 0.748. The third-order valence-electron chi connectivity index (χ3n) is 3.97. The second-order valence-corrected chi connectivity index (χ2v) is 6.00. The number of rotatable bonds is 5. The van der Waals surface area contributed by atoms with E-state index in [0.29, 0.717) is 5.95 Å². The minimum absolute atomic E-state index is 0.160. The fraction of sp³-hybridized carbons (Fsp3) is 0.263. The molecule has 1 atom stereocenters. The highest BCUT2D eigenvalue weighted by Crippen LogP contribution is 2.21. The molecule has 3 aromatic rings. The molecular formula is C19H21N5. The van der Waals surface area contributed by atoms with Gasteiger partial charge in [-0.25, -0.2) is 4.98 Å². The SMILES string of the molecule is Cc1ccccc1-c1cnnc(NC(C)Cc2ncccc2C)n1. The fourth-order valence-corrected chi connectivity index (χ4v) is 2.65. The van der Waals surface area contributed by atoms with E-state index in [1.807, 2.05) is 30.5 Å². The first-order valence-corrected chi connectivity index (χ1v) is 8.06. The Morgan fingerprint density at radius 2 is 1.83 bits per heavy atom. The smallest absolute Gasteiger partial charge is 0.243 e. The first-order valence-electron chi connectivity index (χ1n) is 8.06. The molecule has 0 aliphatic carbocycles. The molecule has 0 amide bonds. The summed E-state index contributed by atoms with van der Waals surface area (Å²) < 4.78 is 0. The van der Waals surface area contributed by atoms with Crippen molar-refractivity contribution in [1.82, 2.24) is 20.2 Å². The van der Waals surface area contributed by atoms with Crippen LogP contribution in [0.2, 0.25) is 0 Å². The molecule has 24 heavy (non-hydrogen) atoms. The molecular weight excluding hydrogens is 298 g/mol. The number of hydrogen-bond acceptors (Lipinski definition) is 5. The van der Waals surface area contributed by atoms with Crippen LogP contribution in [0.25, 0.3) is 11.3 Å². The summed E-state index contributed by atoms with van der Waals surface area (Å²) in [6.07, 6.45) is 4.33. The summed E-state index contributed by atoms with van der Waals surface area (Å²) in [6.45, 7) is 6.24. The third kappa shape index (κ3) is 3.74. The monoisotopic (exact) mass is 319 g/mol. The standard InChI is InChI=1S/C19H21N5/c1-13-7-4-5-9-16(13)18-12-21-24-19(23-18)22-15(3)11-17-14(2)8-6-10-20-17/h4-10,12,15H,11H2,1-3H3,(H,22,23,24). The first-order chi connectivity index (χ1) is 11.6. The summed E-state index contributed by atoms with van der Waals surface area (Å²) in [6, 6.07) is 12.3. The van der Waals surface area contributed by atoms with Crippen LogP contribution in [0, 0.1) is 13.8 Å². The molecule has 0 bridgehead atoms. The van der Waals surface area contributed by atoms with Crippen LogP contribution in [0.4, 0.5) is 5.95 Å².